The lowest BCUT2D eigenvalue weighted by molar-refractivity contribution is -0.143. The topological polar surface area (TPSA) is 96.5 Å². The highest BCUT2D eigenvalue weighted by Gasteiger charge is 2.37. The Morgan fingerprint density at radius 2 is 1.70 bits per heavy atom. The van der Waals surface area contributed by atoms with Crippen molar-refractivity contribution in [3.8, 4) is 11.9 Å². The van der Waals surface area contributed by atoms with Gasteiger partial charge in [-0.05, 0) is 44.2 Å². The van der Waals surface area contributed by atoms with Crippen molar-refractivity contribution in [2.24, 2.45) is 0 Å². The zero-order chi connectivity index (χ0) is 24.6. The number of aromatic nitrogens is 4. The van der Waals surface area contributed by atoms with Crippen molar-refractivity contribution in [2.75, 3.05) is 0 Å². The molecule has 33 heavy (non-hydrogen) atoms. The Hall–Kier alpha value is -3.95. The summed E-state index contributed by atoms with van der Waals surface area (Å²) in [5.41, 5.74) is -3.74. The third-order valence-corrected chi connectivity index (χ3v) is 4.42. The Morgan fingerprint density at radius 3 is 2.18 bits per heavy atom. The van der Waals surface area contributed by atoms with Gasteiger partial charge < -0.3 is 5.32 Å². The number of nitrogens with one attached hydrogen (secondary N) is 1. The van der Waals surface area contributed by atoms with Crippen LogP contribution in [-0.4, -0.2) is 25.7 Å². The molecule has 1 atom stereocenters. The van der Waals surface area contributed by atoms with Crippen molar-refractivity contribution in [3.05, 3.63) is 70.4 Å². The highest BCUT2D eigenvalue weighted by Crippen LogP contribution is 2.36. The summed E-state index contributed by atoms with van der Waals surface area (Å²) in [6.07, 6.45) is -8.89. The average molecular weight is 468 g/mol. The van der Waals surface area contributed by atoms with Gasteiger partial charge in [0.15, 0.2) is 11.6 Å². The lowest BCUT2D eigenvalue weighted by Gasteiger charge is -2.17. The van der Waals surface area contributed by atoms with Crippen LogP contribution in [0.15, 0.2) is 36.5 Å². The van der Waals surface area contributed by atoms with E-state index in [9.17, 15) is 31.1 Å². The molecule has 0 aliphatic rings. The molecule has 0 saturated heterocycles. The van der Waals surface area contributed by atoms with Gasteiger partial charge in [0.05, 0.1) is 22.7 Å². The number of hydrogen-bond acceptors (Lipinski definition) is 5. The third-order valence-electron chi connectivity index (χ3n) is 4.42. The Bertz CT molecular complexity index is 1190. The minimum Gasteiger partial charge on any atom is -0.342 e. The van der Waals surface area contributed by atoms with Gasteiger partial charge in [-0.25, -0.2) is 9.97 Å². The van der Waals surface area contributed by atoms with E-state index in [1.54, 1.807) is 6.92 Å². The molecule has 2 aromatic heterocycles. The van der Waals surface area contributed by atoms with Gasteiger partial charge >= 0.3 is 12.4 Å². The molecule has 0 aliphatic heterocycles. The van der Waals surface area contributed by atoms with Crippen LogP contribution < -0.4 is 5.32 Å². The molecule has 0 aliphatic carbocycles. The zero-order valence-corrected chi connectivity index (χ0v) is 17.0. The molecule has 3 rings (SSSR count). The number of benzene rings is 1. The summed E-state index contributed by atoms with van der Waals surface area (Å²) in [7, 11) is 0. The SMILES string of the molecule is Cc1nc([C@H](C)NC(=O)c2cc(C(F)(F)F)cc(C(F)(F)F)c2)n(-c2ccc(C#N)cn2)n1. The van der Waals surface area contributed by atoms with Crippen molar-refractivity contribution >= 4 is 5.91 Å². The van der Waals surface area contributed by atoms with Crippen LogP contribution in [0.2, 0.25) is 0 Å². The summed E-state index contributed by atoms with van der Waals surface area (Å²) in [5.74, 6) is -0.528. The summed E-state index contributed by atoms with van der Waals surface area (Å²) < 4.78 is 79.7. The molecule has 0 fully saturated rings. The summed E-state index contributed by atoms with van der Waals surface area (Å²) in [6.45, 7) is 2.97. The monoisotopic (exact) mass is 468 g/mol. The van der Waals surface area contributed by atoms with E-state index >= 15 is 0 Å². The quantitative estimate of drug-likeness (QED) is 0.574. The fourth-order valence-corrected chi connectivity index (χ4v) is 2.89. The molecule has 172 valence electrons. The predicted octanol–water partition coefficient (Wildman–Crippen LogP) is 4.37. The molecule has 0 bridgehead atoms. The summed E-state index contributed by atoms with van der Waals surface area (Å²) in [5, 5.41) is 15.4. The van der Waals surface area contributed by atoms with Gasteiger partial charge in [-0.2, -0.15) is 36.3 Å². The van der Waals surface area contributed by atoms with Gasteiger partial charge in [0.1, 0.15) is 11.9 Å². The number of aryl methyl sites for hydroxylation is 1. The van der Waals surface area contributed by atoms with Crippen LogP contribution >= 0.6 is 0 Å². The van der Waals surface area contributed by atoms with Crippen LogP contribution in [0.4, 0.5) is 26.3 Å². The smallest absolute Gasteiger partial charge is 0.342 e. The van der Waals surface area contributed by atoms with Gasteiger partial charge in [0.25, 0.3) is 5.91 Å². The molecule has 2 heterocycles. The van der Waals surface area contributed by atoms with E-state index in [0.29, 0.717) is 12.1 Å². The Labute approximate surface area is 182 Å². The Morgan fingerprint density at radius 1 is 1.09 bits per heavy atom. The van der Waals surface area contributed by atoms with Crippen molar-refractivity contribution in [2.45, 2.75) is 32.2 Å². The fourth-order valence-electron chi connectivity index (χ4n) is 2.89. The van der Waals surface area contributed by atoms with Crippen LogP contribution in [-0.2, 0) is 12.4 Å². The van der Waals surface area contributed by atoms with Gasteiger partial charge in [-0.3, -0.25) is 4.79 Å². The number of amides is 1. The van der Waals surface area contributed by atoms with Gasteiger partial charge in [0.2, 0.25) is 0 Å². The van der Waals surface area contributed by atoms with Crippen LogP contribution in [0.5, 0.6) is 0 Å². The molecule has 0 spiro atoms. The maximum absolute atomic E-state index is 13.1. The number of hydrogen-bond donors (Lipinski definition) is 1. The highest BCUT2D eigenvalue weighted by molar-refractivity contribution is 5.94. The first-order chi connectivity index (χ1) is 15.3. The molecule has 0 saturated carbocycles. The number of rotatable bonds is 4. The average Bonchev–Trinajstić information content (AvgIpc) is 3.14. The van der Waals surface area contributed by atoms with E-state index in [1.165, 1.54) is 29.9 Å². The van der Waals surface area contributed by atoms with E-state index in [2.05, 4.69) is 20.4 Å². The number of halogens is 6. The van der Waals surface area contributed by atoms with E-state index in [1.807, 2.05) is 6.07 Å². The number of nitrogens with zero attached hydrogens (tertiary/aromatic N) is 5. The highest BCUT2D eigenvalue weighted by atomic mass is 19.4. The summed E-state index contributed by atoms with van der Waals surface area (Å²) in [4.78, 5) is 20.8. The van der Waals surface area contributed by atoms with E-state index in [-0.39, 0.29) is 29.1 Å². The second-order valence-corrected chi connectivity index (χ2v) is 6.94. The van der Waals surface area contributed by atoms with Crippen LogP contribution in [0, 0.1) is 18.3 Å². The van der Waals surface area contributed by atoms with Gasteiger partial charge in [0, 0.05) is 11.8 Å². The molecule has 1 aromatic carbocycles. The lowest BCUT2D eigenvalue weighted by Crippen LogP contribution is -2.29. The van der Waals surface area contributed by atoms with E-state index in [0.717, 1.165) is 0 Å². The Kier molecular flexibility index (Phi) is 6.13. The van der Waals surface area contributed by atoms with Crippen molar-refractivity contribution in [3.63, 3.8) is 0 Å². The largest absolute Gasteiger partial charge is 0.416 e. The van der Waals surface area contributed by atoms with Crippen molar-refractivity contribution in [1.29, 1.82) is 5.26 Å². The molecule has 1 amide bonds. The minimum absolute atomic E-state index is 0.0588. The second-order valence-electron chi connectivity index (χ2n) is 6.94. The summed E-state index contributed by atoms with van der Waals surface area (Å²) >= 11 is 0. The zero-order valence-electron chi connectivity index (χ0n) is 17.0. The van der Waals surface area contributed by atoms with E-state index in [4.69, 9.17) is 5.26 Å². The van der Waals surface area contributed by atoms with Gasteiger partial charge in [-0.15, -0.1) is 5.10 Å². The third kappa shape index (κ3) is 5.28. The first kappa shape index (κ1) is 23.7. The van der Waals surface area contributed by atoms with Crippen LogP contribution in [0.1, 0.15) is 51.7 Å². The minimum atomic E-state index is -5.08. The lowest BCUT2D eigenvalue weighted by atomic mass is 10.0. The fraction of sp³-hybridized carbons (Fsp3) is 0.250. The maximum atomic E-state index is 13.1. The number of carbonyl (C=O) groups is 1. The maximum Gasteiger partial charge on any atom is 0.416 e. The normalized spacial score (nSPS) is 12.8. The van der Waals surface area contributed by atoms with Crippen molar-refractivity contribution in [1.82, 2.24) is 25.1 Å². The standard InChI is InChI=1S/C20H14F6N6O/c1-10(17-30-11(2)31-32(17)16-4-3-12(8-27)9-28-16)29-18(33)13-5-14(19(21,22)23)7-15(6-13)20(24,25)26/h3-7,9-10H,1-2H3,(H,29,33)/t10-/m0/s1. The molecular weight excluding hydrogens is 454 g/mol. The number of carbonyl (C=O) groups excluding carboxylic acids is 1. The number of alkyl halides is 6. The van der Waals surface area contributed by atoms with Crippen LogP contribution in [0.25, 0.3) is 5.82 Å². The molecule has 3 aromatic rings. The number of pyridine rings is 1. The molecule has 1 N–H and O–H groups in total. The first-order valence-electron chi connectivity index (χ1n) is 9.20. The first-order valence-corrected chi connectivity index (χ1v) is 9.20. The van der Waals surface area contributed by atoms with E-state index < -0.39 is 41.0 Å². The predicted molar refractivity (Wildman–Crippen MR) is 101 cm³/mol. The summed E-state index contributed by atoms with van der Waals surface area (Å²) in [6, 6.07) is 4.48. The number of nitriles is 1. The second kappa shape index (κ2) is 8.53. The van der Waals surface area contributed by atoms with Gasteiger partial charge in [-0.1, -0.05) is 0 Å². The molecule has 0 radical (unpaired) electrons. The van der Waals surface area contributed by atoms with Crippen molar-refractivity contribution < 1.29 is 31.1 Å². The molecule has 0 unspecified atom stereocenters. The molecule has 13 heteroatoms. The molecular formula is C20H14F6N6O. The Balaban J connectivity index is 1.94. The van der Waals surface area contributed by atoms with Crippen LogP contribution in [0.3, 0.4) is 0 Å². The molecule has 7 nitrogen and oxygen atoms in total.